The van der Waals surface area contributed by atoms with E-state index in [1.807, 2.05) is 54.6 Å². The van der Waals surface area contributed by atoms with Gasteiger partial charge in [-0.2, -0.15) is 0 Å². The fraction of sp³-hybridized carbons (Fsp3) is 0.0926. The molecule has 5 heteroatoms. The molecule has 0 amide bonds. The van der Waals surface area contributed by atoms with E-state index in [0.717, 1.165) is 51.5 Å². The van der Waals surface area contributed by atoms with Gasteiger partial charge in [0.2, 0.25) is 0 Å². The lowest BCUT2D eigenvalue weighted by atomic mass is 9.73. The monoisotopic (exact) mass is 760 g/mol. The lowest BCUT2D eigenvalue weighted by Crippen LogP contribution is -2.23. The van der Waals surface area contributed by atoms with Crippen LogP contribution in [0.1, 0.15) is 37.2 Å². The van der Waals surface area contributed by atoms with Gasteiger partial charge in [0.1, 0.15) is 11.2 Å². The van der Waals surface area contributed by atoms with E-state index in [1.54, 1.807) is 0 Å². The van der Waals surface area contributed by atoms with Gasteiger partial charge in [-0.25, -0.2) is 15.0 Å². The molecule has 0 saturated heterocycles. The summed E-state index contributed by atoms with van der Waals surface area (Å²) in [5.74, 6) is 1.86. The Hall–Kier alpha value is -7.37. The maximum Gasteiger partial charge on any atom is 0.167 e. The molecule has 1 unspecified atom stereocenters. The molecule has 0 N–H and O–H groups in total. The number of para-hydroxylation sites is 3. The maximum atomic E-state index is 6.44. The quantitative estimate of drug-likeness (QED) is 0.162. The molecule has 3 heterocycles. The van der Waals surface area contributed by atoms with Gasteiger partial charge >= 0.3 is 0 Å². The standard InChI is InChI=1S/C54H40N4O/c1-3-39-45(24-15-26-46(39)58-47-25-12-10-20-40(47)44-34-38(28-29-48(44)58)35-16-6-4-7-17-35)54(2)32-30-37(31-33-54)52-55-51(36-18-8-5-9-19-36)56-53(57-52)43-23-14-22-42-41-21-11-13-27-49(41)59-50(42)43/h4-32,34H,3,33H2,1-2H3. The molecule has 3 aromatic heterocycles. The minimum absolute atomic E-state index is 0.248. The highest BCUT2D eigenvalue weighted by atomic mass is 16.3. The largest absolute Gasteiger partial charge is 0.455 e. The van der Waals surface area contributed by atoms with Crippen LogP contribution in [-0.4, -0.2) is 19.5 Å². The van der Waals surface area contributed by atoms with Crippen LogP contribution < -0.4 is 0 Å². The number of nitrogens with zero attached hydrogens (tertiary/aromatic N) is 4. The summed E-state index contributed by atoms with van der Waals surface area (Å²) in [5, 5.41) is 4.63. The van der Waals surface area contributed by atoms with Crippen LogP contribution in [0.3, 0.4) is 0 Å². The van der Waals surface area contributed by atoms with E-state index >= 15 is 0 Å². The van der Waals surface area contributed by atoms with E-state index in [2.05, 4.69) is 146 Å². The molecule has 0 saturated carbocycles. The Labute approximate surface area is 342 Å². The molecule has 0 spiro atoms. The highest BCUT2D eigenvalue weighted by molar-refractivity contribution is 6.11. The highest BCUT2D eigenvalue weighted by Crippen LogP contribution is 2.42. The van der Waals surface area contributed by atoms with Gasteiger partial charge in [0.05, 0.1) is 16.6 Å². The highest BCUT2D eigenvalue weighted by Gasteiger charge is 2.30. The number of hydrogen-bond acceptors (Lipinski definition) is 4. The van der Waals surface area contributed by atoms with Crippen molar-refractivity contribution in [2.75, 3.05) is 0 Å². The van der Waals surface area contributed by atoms with Crippen molar-refractivity contribution in [1.82, 2.24) is 19.5 Å². The van der Waals surface area contributed by atoms with E-state index in [0.29, 0.717) is 17.5 Å². The Kier molecular flexibility index (Phi) is 8.22. The zero-order valence-electron chi connectivity index (χ0n) is 32.9. The van der Waals surface area contributed by atoms with Crippen LogP contribution in [0.15, 0.2) is 186 Å². The molecular weight excluding hydrogens is 721 g/mol. The van der Waals surface area contributed by atoms with E-state index in [4.69, 9.17) is 19.4 Å². The number of fused-ring (bicyclic) bond motifs is 6. The number of rotatable bonds is 7. The first kappa shape index (κ1) is 34.8. The first-order valence-corrected chi connectivity index (χ1v) is 20.4. The van der Waals surface area contributed by atoms with Gasteiger partial charge in [0, 0.05) is 43.8 Å². The Balaban J connectivity index is 0.999. The van der Waals surface area contributed by atoms with Crippen molar-refractivity contribution in [3.8, 4) is 39.6 Å². The molecule has 282 valence electrons. The second-order valence-electron chi connectivity index (χ2n) is 15.7. The van der Waals surface area contributed by atoms with Crippen molar-refractivity contribution in [3.05, 3.63) is 199 Å². The predicted molar refractivity (Wildman–Crippen MR) is 243 cm³/mol. The van der Waals surface area contributed by atoms with Gasteiger partial charge in [-0.1, -0.05) is 159 Å². The van der Waals surface area contributed by atoms with E-state index < -0.39 is 0 Å². The van der Waals surface area contributed by atoms with Crippen LogP contribution in [0, 0.1) is 0 Å². The van der Waals surface area contributed by atoms with Crippen LogP contribution in [0.4, 0.5) is 0 Å². The molecule has 5 nitrogen and oxygen atoms in total. The van der Waals surface area contributed by atoms with Crippen molar-refractivity contribution in [2.45, 2.75) is 32.1 Å². The van der Waals surface area contributed by atoms with E-state index in [-0.39, 0.29) is 5.41 Å². The number of allylic oxidation sites excluding steroid dienone is 4. The van der Waals surface area contributed by atoms with Gasteiger partial charge in [-0.3, -0.25) is 0 Å². The summed E-state index contributed by atoms with van der Waals surface area (Å²) in [5.41, 5.74) is 12.9. The van der Waals surface area contributed by atoms with E-state index in [9.17, 15) is 0 Å². The van der Waals surface area contributed by atoms with Gasteiger partial charge in [-0.15, -0.1) is 0 Å². The third-order valence-corrected chi connectivity index (χ3v) is 12.1. The maximum absolute atomic E-state index is 6.44. The van der Waals surface area contributed by atoms with Crippen LogP contribution in [0.2, 0.25) is 0 Å². The molecule has 59 heavy (non-hydrogen) atoms. The topological polar surface area (TPSA) is 56.7 Å². The molecular formula is C54H40N4O. The zero-order valence-corrected chi connectivity index (χ0v) is 32.9. The second kappa shape index (κ2) is 13.9. The number of aromatic nitrogens is 4. The fourth-order valence-electron chi connectivity index (χ4n) is 9.10. The zero-order chi connectivity index (χ0) is 39.5. The predicted octanol–water partition coefficient (Wildman–Crippen LogP) is 13.7. The molecule has 7 aromatic carbocycles. The average Bonchev–Trinajstić information content (AvgIpc) is 3.85. The summed E-state index contributed by atoms with van der Waals surface area (Å²) in [7, 11) is 0. The number of furan rings is 1. The van der Waals surface area contributed by atoms with Crippen molar-refractivity contribution < 1.29 is 4.42 Å². The fourth-order valence-corrected chi connectivity index (χ4v) is 9.10. The number of hydrogen-bond donors (Lipinski definition) is 0. The summed E-state index contributed by atoms with van der Waals surface area (Å²) in [6.07, 6.45) is 8.55. The minimum Gasteiger partial charge on any atom is -0.455 e. The molecule has 11 rings (SSSR count). The molecule has 0 fully saturated rings. The molecule has 1 atom stereocenters. The van der Waals surface area contributed by atoms with Crippen molar-refractivity contribution in [2.24, 2.45) is 0 Å². The normalized spacial score (nSPS) is 15.4. The van der Waals surface area contributed by atoms with Crippen LogP contribution in [0.25, 0.3) is 88.9 Å². The summed E-state index contributed by atoms with van der Waals surface area (Å²) in [6, 6.07) is 57.7. The summed E-state index contributed by atoms with van der Waals surface area (Å²) < 4.78 is 8.91. The SMILES string of the molecule is CCc1c(-n2c3ccccc3c3cc(-c4ccccc4)ccc32)cccc1C1(C)C=CC(c2nc(-c3ccccc3)nc(-c3cccc4c3oc3ccccc34)n2)=CC1. The average molecular weight is 761 g/mol. The summed E-state index contributed by atoms with van der Waals surface area (Å²) in [4.78, 5) is 15.3. The lowest BCUT2D eigenvalue weighted by Gasteiger charge is -2.32. The Morgan fingerprint density at radius 3 is 2.05 bits per heavy atom. The summed E-state index contributed by atoms with van der Waals surface area (Å²) in [6.45, 7) is 4.63. The van der Waals surface area contributed by atoms with Crippen molar-refractivity contribution in [1.29, 1.82) is 0 Å². The molecule has 1 aliphatic rings. The first-order chi connectivity index (χ1) is 29.1. The van der Waals surface area contributed by atoms with Gasteiger partial charge < -0.3 is 8.98 Å². The first-order valence-electron chi connectivity index (χ1n) is 20.4. The lowest BCUT2D eigenvalue weighted by molar-refractivity contribution is 0.593. The van der Waals surface area contributed by atoms with Crippen LogP contribution in [0.5, 0.6) is 0 Å². The Bertz CT molecular complexity index is 3300. The number of benzene rings is 7. The molecule has 0 radical (unpaired) electrons. The smallest absolute Gasteiger partial charge is 0.167 e. The molecule has 1 aliphatic carbocycles. The van der Waals surface area contributed by atoms with Gasteiger partial charge in [0.25, 0.3) is 0 Å². The van der Waals surface area contributed by atoms with Gasteiger partial charge in [-0.05, 0) is 71.5 Å². The van der Waals surface area contributed by atoms with Crippen molar-refractivity contribution >= 4 is 49.3 Å². The van der Waals surface area contributed by atoms with Crippen LogP contribution >= 0.6 is 0 Å². The van der Waals surface area contributed by atoms with Gasteiger partial charge in [0.15, 0.2) is 17.5 Å². The molecule has 0 bridgehead atoms. The van der Waals surface area contributed by atoms with Crippen molar-refractivity contribution in [3.63, 3.8) is 0 Å². The third kappa shape index (κ3) is 5.80. The molecule has 10 aromatic rings. The second-order valence-corrected chi connectivity index (χ2v) is 15.7. The van der Waals surface area contributed by atoms with E-state index in [1.165, 1.54) is 49.7 Å². The summed E-state index contributed by atoms with van der Waals surface area (Å²) >= 11 is 0. The third-order valence-electron chi connectivity index (χ3n) is 12.1. The molecule has 0 aliphatic heterocycles. The minimum atomic E-state index is -0.248. The Morgan fingerprint density at radius 1 is 0.576 bits per heavy atom. The van der Waals surface area contributed by atoms with Crippen LogP contribution in [-0.2, 0) is 11.8 Å². The Morgan fingerprint density at radius 2 is 1.25 bits per heavy atom.